The average molecular weight is 341 g/mol. The van der Waals surface area contributed by atoms with Gasteiger partial charge in [0.15, 0.2) is 0 Å². The van der Waals surface area contributed by atoms with Crippen LogP contribution in [0, 0.1) is 10.1 Å². The minimum absolute atomic E-state index is 0.180. The number of nitro benzene ring substituents is 1. The predicted octanol–water partition coefficient (Wildman–Crippen LogP) is 1.44. The number of sulfone groups is 1. The van der Waals surface area contributed by atoms with Gasteiger partial charge in [-0.25, -0.2) is 8.42 Å². The maximum atomic E-state index is 12.4. The summed E-state index contributed by atoms with van der Waals surface area (Å²) in [6, 6.07) is 7.42. The van der Waals surface area contributed by atoms with Crippen molar-refractivity contribution in [1.82, 2.24) is 0 Å². The van der Waals surface area contributed by atoms with E-state index in [4.69, 9.17) is 11.6 Å². The highest BCUT2D eigenvalue weighted by Gasteiger charge is 2.22. The Morgan fingerprint density at radius 3 is 2.09 bits per heavy atom. The molecule has 0 aliphatic heterocycles. The second kappa shape index (κ2) is 5.74. The van der Waals surface area contributed by atoms with Gasteiger partial charge in [0.25, 0.3) is 5.69 Å². The van der Waals surface area contributed by atoms with Gasteiger partial charge in [-0.15, -0.1) is 0 Å². The van der Waals surface area contributed by atoms with Crippen LogP contribution < -0.4 is 5.11 Å². The fourth-order valence-electron chi connectivity index (χ4n) is 1.71. The number of rotatable bonds is 4. The van der Waals surface area contributed by atoms with Gasteiger partial charge in [-0.1, -0.05) is 23.7 Å². The van der Waals surface area contributed by atoms with E-state index in [9.17, 15) is 28.4 Å². The van der Waals surface area contributed by atoms with E-state index in [-0.39, 0.29) is 20.4 Å². The summed E-state index contributed by atoms with van der Waals surface area (Å²) in [5.74, 6) is -1.44. The maximum absolute atomic E-state index is 12.4. The molecule has 9 heteroatoms. The summed E-state index contributed by atoms with van der Waals surface area (Å²) in [5, 5.41) is 21.3. The monoisotopic (exact) mass is 340 g/mol. The molecule has 2 aromatic carbocycles. The number of carbonyl (C=O) groups is 1. The number of hydrogen-bond acceptors (Lipinski definition) is 6. The number of hydrogen-bond donors (Lipinski definition) is 0. The lowest BCUT2D eigenvalue weighted by molar-refractivity contribution is -0.384. The molecule has 0 bridgehead atoms. The van der Waals surface area contributed by atoms with Crippen molar-refractivity contribution in [3.05, 3.63) is 63.2 Å². The van der Waals surface area contributed by atoms with E-state index >= 15 is 0 Å². The average Bonchev–Trinajstić information content (AvgIpc) is 2.47. The normalized spacial score (nSPS) is 11.1. The highest BCUT2D eigenvalue weighted by molar-refractivity contribution is 7.91. The molecular formula is C13H7ClNO6S-. The first kappa shape index (κ1) is 15.9. The fraction of sp³-hybridized carbons (Fsp3) is 0. The maximum Gasteiger partial charge on any atom is 0.289 e. The molecule has 114 valence electrons. The molecule has 0 aliphatic carbocycles. The number of nitrogens with zero attached hydrogens (tertiary/aromatic N) is 1. The lowest BCUT2D eigenvalue weighted by atomic mass is 10.2. The summed E-state index contributed by atoms with van der Waals surface area (Å²) in [5.41, 5.74) is -0.713. The van der Waals surface area contributed by atoms with Crippen LogP contribution in [-0.4, -0.2) is 19.3 Å². The van der Waals surface area contributed by atoms with Gasteiger partial charge in [0, 0.05) is 6.07 Å². The van der Waals surface area contributed by atoms with Crippen molar-refractivity contribution in [2.75, 3.05) is 0 Å². The van der Waals surface area contributed by atoms with Crippen molar-refractivity contribution in [2.45, 2.75) is 9.79 Å². The summed E-state index contributed by atoms with van der Waals surface area (Å²) < 4.78 is 24.7. The number of halogens is 1. The zero-order valence-electron chi connectivity index (χ0n) is 10.7. The van der Waals surface area contributed by atoms with Crippen molar-refractivity contribution in [2.24, 2.45) is 0 Å². The molecular weight excluding hydrogens is 334 g/mol. The minimum atomic E-state index is -4.03. The molecule has 22 heavy (non-hydrogen) atoms. The number of benzene rings is 2. The first-order chi connectivity index (χ1) is 10.2. The molecule has 0 saturated carbocycles. The van der Waals surface area contributed by atoms with Crippen LogP contribution in [0.3, 0.4) is 0 Å². The first-order valence-electron chi connectivity index (χ1n) is 5.74. The molecule has 0 heterocycles. The second-order valence-electron chi connectivity index (χ2n) is 4.19. The molecule has 0 fully saturated rings. The Morgan fingerprint density at radius 2 is 1.59 bits per heavy atom. The van der Waals surface area contributed by atoms with Crippen LogP contribution >= 0.6 is 11.6 Å². The predicted molar refractivity (Wildman–Crippen MR) is 74.3 cm³/mol. The SMILES string of the molecule is O=C([O-])c1ccc(S(=O)(=O)c2ccc(Cl)c([N+](=O)[O-])c2)cc1. The topological polar surface area (TPSA) is 117 Å². The Hall–Kier alpha value is -2.45. The molecule has 0 atom stereocenters. The summed E-state index contributed by atoms with van der Waals surface area (Å²) in [6.45, 7) is 0. The molecule has 0 aliphatic rings. The Balaban J connectivity index is 2.53. The highest BCUT2D eigenvalue weighted by atomic mass is 35.5. The fourth-order valence-corrected chi connectivity index (χ4v) is 3.17. The summed E-state index contributed by atoms with van der Waals surface area (Å²) in [7, 11) is -4.03. The van der Waals surface area contributed by atoms with Gasteiger partial charge in [0.05, 0.1) is 20.7 Å². The lowest BCUT2D eigenvalue weighted by Crippen LogP contribution is -2.22. The van der Waals surface area contributed by atoms with Crippen molar-refractivity contribution < 1.29 is 23.2 Å². The van der Waals surface area contributed by atoms with E-state index < -0.39 is 26.4 Å². The quantitative estimate of drug-likeness (QED) is 0.614. The summed E-state index contributed by atoms with van der Waals surface area (Å²) in [4.78, 5) is 20.1. The van der Waals surface area contributed by atoms with Gasteiger partial charge >= 0.3 is 0 Å². The Kier molecular flexibility index (Phi) is 4.16. The molecule has 0 aromatic heterocycles. The molecule has 2 rings (SSSR count). The van der Waals surface area contributed by atoms with Crippen LogP contribution in [0.15, 0.2) is 52.3 Å². The highest BCUT2D eigenvalue weighted by Crippen LogP contribution is 2.30. The molecule has 0 saturated heterocycles. The molecule has 7 nitrogen and oxygen atoms in total. The second-order valence-corrected chi connectivity index (χ2v) is 6.54. The van der Waals surface area contributed by atoms with Gasteiger partial charge in [-0.05, 0) is 29.8 Å². The molecule has 0 unspecified atom stereocenters. The third-order valence-electron chi connectivity index (χ3n) is 2.82. The molecule has 2 aromatic rings. The third-order valence-corrected chi connectivity index (χ3v) is 4.91. The van der Waals surface area contributed by atoms with E-state index in [0.29, 0.717) is 0 Å². The van der Waals surface area contributed by atoms with Crippen molar-refractivity contribution in [3.63, 3.8) is 0 Å². The molecule has 0 amide bonds. The first-order valence-corrected chi connectivity index (χ1v) is 7.60. The summed E-state index contributed by atoms with van der Waals surface area (Å²) >= 11 is 5.63. The molecule has 0 spiro atoms. The Morgan fingerprint density at radius 1 is 1.05 bits per heavy atom. The van der Waals surface area contributed by atoms with Gasteiger partial charge in [-0.2, -0.15) is 0 Å². The standard InChI is InChI=1S/C13H8ClNO6S/c14-11-6-5-10(7-12(11)15(18)19)22(20,21)9-3-1-8(2-4-9)13(16)17/h1-7H,(H,16,17)/p-1. The van der Waals surface area contributed by atoms with Gasteiger partial charge < -0.3 is 9.90 Å². The number of carbonyl (C=O) groups excluding carboxylic acids is 1. The Labute approximate surface area is 129 Å². The number of carboxylic acid groups (broad SMARTS) is 1. The van der Waals surface area contributed by atoms with E-state index in [1.54, 1.807) is 0 Å². The zero-order chi connectivity index (χ0) is 16.5. The molecule has 0 N–H and O–H groups in total. The zero-order valence-corrected chi connectivity index (χ0v) is 12.3. The van der Waals surface area contributed by atoms with Crippen molar-refractivity contribution in [1.29, 1.82) is 0 Å². The van der Waals surface area contributed by atoms with Crippen LogP contribution in [0.25, 0.3) is 0 Å². The van der Waals surface area contributed by atoms with E-state index in [2.05, 4.69) is 0 Å². The number of carboxylic acids is 1. The van der Waals surface area contributed by atoms with Gasteiger partial charge in [0.2, 0.25) is 9.84 Å². The van der Waals surface area contributed by atoms with Crippen LogP contribution in [0.2, 0.25) is 5.02 Å². The van der Waals surface area contributed by atoms with Crippen LogP contribution in [-0.2, 0) is 9.84 Å². The van der Waals surface area contributed by atoms with Crippen LogP contribution in [0.5, 0.6) is 0 Å². The van der Waals surface area contributed by atoms with E-state index in [1.807, 2.05) is 0 Å². The van der Waals surface area contributed by atoms with Crippen LogP contribution in [0.1, 0.15) is 10.4 Å². The van der Waals surface area contributed by atoms with Crippen molar-refractivity contribution in [3.8, 4) is 0 Å². The summed E-state index contributed by atoms with van der Waals surface area (Å²) in [6.07, 6.45) is 0. The number of aromatic carboxylic acids is 1. The molecule has 0 radical (unpaired) electrons. The van der Waals surface area contributed by atoms with E-state index in [1.165, 1.54) is 0 Å². The largest absolute Gasteiger partial charge is 0.545 e. The smallest absolute Gasteiger partial charge is 0.289 e. The van der Waals surface area contributed by atoms with Crippen LogP contribution in [0.4, 0.5) is 5.69 Å². The Bertz CT molecular complexity index is 861. The third kappa shape index (κ3) is 2.92. The lowest BCUT2D eigenvalue weighted by Gasteiger charge is -2.07. The van der Waals surface area contributed by atoms with Crippen molar-refractivity contribution >= 4 is 33.1 Å². The van der Waals surface area contributed by atoms with E-state index in [0.717, 1.165) is 42.5 Å². The van der Waals surface area contributed by atoms with Gasteiger partial charge in [0.1, 0.15) is 5.02 Å². The van der Waals surface area contributed by atoms with Gasteiger partial charge in [-0.3, -0.25) is 10.1 Å². The minimum Gasteiger partial charge on any atom is -0.545 e. The number of nitro groups is 1.